The first kappa shape index (κ1) is 14.6. The van der Waals surface area contributed by atoms with E-state index in [0.29, 0.717) is 5.82 Å². The van der Waals surface area contributed by atoms with Crippen LogP contribution in [0.3, 0.4) is 0 Å². The first-order chi connectivity index (χ1) is 9.71. The zero-order chi connectivity index (χ0) is 15.8. The molecule has 0 bridgehead atoms. The summed E-state index contributed by atoms with van der Waals surface area (Å²) in [6, 6.07) is 6.00. The number of rotatable bonds is 3. The number of carbonyl (C=O) groups is 1. The van der Waals surface area contributed by atoms with E-state index in [1.807, 2.05) is 20.8 Å². The van der Waals surface area contributed by atoms with Crippen LogP contribution in [0.1, 0.15) is 37.2 Å². The number of nitro benzene ring substituents is 1. The van der Waals surface area contributed by atoms with Gasteiger partial charge in [-0.3, -0.25) is 10.1 Å². The van der Waals surface area contributed by atoms with Crippen LogP contribution in [-0.4, -0.2) is 30.8 Å². The van der Waals surface area contributed by atoms with Crippen LogP contribution < -0.4 is 0 Å². The van der Waals surface area contributed by atoms with Crippen LogP contribution in [0.15, 0.2) is 24.3 Å². The molecule has 1 aromatic carbocycles. The zero-order valence-corrected chi connectivity index (χ0v) is 11.8. The molecule has 2 aromatic rings. The Morgan fingerprint density at radius 1 is 1.33 bits per heavy atom. The van der Waals surface area contributed by atoms with Gasteiger partial charge in [0.15, 0.2) is 0 Å². The first-order valence-corrected chi connectivity index (χ1v) is 6.16. The van der Waals surface area contributed by atoms with E-state index in [4.69, 9.17) is 5.11 Å². The van der Waals surface area contributed by atoms with E-state index in [1.165, 1.54) is 22.9 Å². The first-order valence-electron chi connectivity index (χ1n) is 6.16. The Morgan fingerprint density at radius 2 is 1.95 bits per heavy atom. The van der Waals surface area contributed by atoms with E-state index in [9.17, 15) is 14.9 Å². The molecule has 0 aliphatic rings. The van der Waals surface area contributed by atoms with Crippen LogP contribution in [0.5, 0.6) is 0 Å². The van der Waals surface area contributed by atoms with Crippen LogP contribution >= 0.6 is 0 Å². The summed E-state index contributed by atoms with van der Waals surface area (Å²) >= 11 is 0. The minimum atomic E-state index is -1.28. The van der Waals surface area contributed by atoms with E-state index in [-0.39, 0.29) is 11.4 Å². The third-order valence-corrected chi connectivity index (χ3v) is 2.78. The number of hydrogen-bond acceptors (Lipinski definition) is 5. The standard InChI is InChI=1S/C13H14N4O4/c1-13(2,3)12-14-10(11(18)19)15-16(12)8-6-4-5-7-9(8)17(20)21/h4-7H,1-3H3,(H,18,19). The Bertz CT molecular complexity index is 715. The normalized spacial score (nSPS) is 11.4. The Labute approximate surface area is 120 Å². The molecule has 110 valence electrons. The van der Waals surface area contributed by atoms with Gasteiger partial charge in [0.1, 0.15) is 11.5 Å². The van der Waals surface area contributed by atoms with E-state index in [2.05, 4.69) is 10.1 Å². The molecule has 2 rings (SSSR count). The lowest BCUT2D eigenvalue weighted by Gasteiger charge is -2.18. The zero-order valence-electron chi connectivity index (χ0n) is 11.8. The molecule has 8 nitrogen and oxygen atoms in total. The summed E-state index contributed by atoms with van der Waals surface area (Å²) in [5.74, 6) is -1.33. The number of para-hydroxylation sites is 2. The van der Waals surface area contributed by atoms with Gasteiger partial charge < -0.3 is 5.11 Å². The van der Waals surface area contributed by atoms with Crippen LogP contribution in [0.25, 0.3) is 5.69 Å². The van der Waals surface area contributed by atoms with Crippen molar-refractivity contribution in [3.63, 3.8) is 0 Å². The van der Waals surface area contributed by atoms with Crippen molar-refractivity contribution in [2.45, 2.75) is 26.2 Å². The highest BCUT2D eigenvalue weighted by molar-refractivity contribution is 5.83. The molecule has 0 saturated heterocycles. The van der Waals surface area contributed by atoms with Crippen LogP contribution in [0, 0.1) is 10.1 Å². The lowest BCUT2D eigenvalue weighted by atomic mass is 9.95. The number of nitro groups is 1. The molecule has 1 N–H and O–H groups in total. The molecule has 0 spiro atoms. The van der Waals surface area contributed by atoms with E-state index in [0.717, 1.165) is 0 Å². The highest BCUT2D eigenvalue weighted by Gasteiger charge is 2.28. The maximum atomic E-state index is 11.1. The number of aromatic nitrogens is 3. The monoisotopic (exact) mass is 290 g/mol. The third kappa shape index (κ3) is 2.73. The molecule has 0 amide bonds. The summed E-state index contributed by atoms with van der Waals surface area (Å²) < 4.78 is 1.22. The van der Waals surface area contributed by atoms with Crippen LogP contribution in [-0.2, 0) is 5.41 Å². The van der Waals surface area contributed by atoms with Crippen molar-refractivity contribution in [1.82, 2.24) is 14.8 Å². The molecule has 21 heavy (non-hydrogen) atoms. The molecule has 0 atom stereocenters. The fourth-order valence-corrected chi connectivity index (χ4v) is 1.85. The molecular weight excluding hydrogens is 276 g/mol. The van der Waals surface area contributed by atoms with Crippen molar-refractivity contribution in [3.8, 4) is 5.69 Å². The van der Waals surface area contributed by atoms with Crippen molar-refractivity contribution in [3.05, 3.63) is 46.0 Å². The van der Waals surface area contributed by atoms with Gasteiger partial charge in [-0.05, 0) is 6.07 Å². The molecule has 1 aromatic heterocycles. The quantitative estimate of drug-likeness (QED) is 0.685. The number of carboxylic acids is 1. The lowest BCUT2D eigenvalue weighted by Crippen LogP contribution is -2.19. The van der Waals surface area contributed by atoms with E-state index < -0.39 is 22.1 Å². The van der Waals surface area contributed by atoms with Crippen molar-refractivity contribution in [1.29, 1.82) is 0 Å². The number of aromatic carboxylic acids is 1. The molecule has 0 unspecified atom stereocenters. The van der Waals surface area contributed by atoms with Gasteiger partial charge in [0.05, 0.1) is 4.92 Å². The second kappa shape index (κ2) is 4.97. The predicted octanol–water partition coefficient (Wildman–Crippen LogP) is 2.17. The van der Waals surface area contributed by atoms with E-state index in [1.54, 1.807) is 6.07 Å². The lowest BCUT2D eigenvalue weighted by molar-refractivity contribution is -0.384. The van der Waals surface area contributed by atoms with Crippen molar-refractivity contribution >= 4 is 11.7 Å². The fraction of sp³-hybridized carbons (Fsp3) is 0.308. The summed E-state index contributed by atoms with van der Waals surface area (Å²) in [4.78, 5) is 25.6. The second-order valence-corrected chi connectivity index (χ2v) is 5.47. The maximum Gasteiger partial charge on any atom is 0.375 e. The Kier molecular flexibility index (Phi) is 3.46. The minimum Gasteiger partial charge on any atom is -0.475 e. The summed E-state index contributed by atoms with van der Waals surface area (Å²) in [5.41, 5.74) is -0.498. The molecule has 0 saturated carbocycles. The van der Waals surface area contributed by atoms with Gasteiger partial charge in [-0.25, -0.2) is 14.5 Å². The van der Waals surface area contributed by atoms with Gasteiger partial charge in [0.2, 0.25) is 0 Å². The van der Waals surface area contributed by atoms with Gasteiger partial charge in [-0.2, -0.15) is 0 Å². The summed E-state index contributed by atoms with van der Waals surface area (Å²) in [7, 11) is 0. The minimum absolute atomic E-state index is 0.162. The number of carboxylic acid groups (broad SMARTS) is 1. The molecule has 1 heterocycles. The van der Waals surface area contributed by atoms with E-state index >= 15 is 0 Å². The van der Waals surface area contributed by atoms with Crippen LogP contribution in [0.2, 0.25) is 0 Å². The fourth-order valence-electron chi connectivity index (χ4n) is 1.85. The topological polar surface area (TPSA) is 111 Å². The average molecular weight is 290 g/mol. The Morgan fingerprint density at radius 3 is 2.48 bits per heavy atom. The SMILES string of the molecule is CC(C)(C)c1nc(C(=O)O)nn1-c1ccccc1[N+](=O)[O-]. The molecule has 0 fully saturated rings. The van der Waals surface area contributed by atoms with Crippen molar-refractivity contribution in [2.75, 3.05) is 0 Å². The Hall–Kier alpha value is -2.77. The number of nitrogens with zero attached hydrogens (tertiary/aromatic N) is 4. The maximum absolute atomic E-state index is 11.1. The van der Waals surface area contributed by atoms with Gasteiger partial charge in [0.25, 0.3) is 11.5 Å². The van der Waals surface area contributed by atoms with Crippen molar-refractivity contribution < 1.29 is 14.8 Å². The Balaban J connectivity index is 2.74. The highest BCUT2D eigenvalue weighted by Crippen LogP contribution is 2.28. The third-order valence-electron chi connectivity index (χ3n) is 2.78. The number of hydrogen-bond donors (Lipinski definition) is 1. The van der Waals surface area contributed by atoms with Gasteiger partial charge in [0, 0.05) is 11.5 Å². The molecule has 0 aliphatic carbocycles. The summed E-state index contributed by atoms with van der Waals surface area (Å²) in [6.07, 6.45) is 0. The summed E-state index contributed by atoms with van der Waals surface area (Å²) in [6.45, 7) is 5.48. The average Bonchev–Trinajstić information content (AvgIpc) is 2.83. The molecule has 8 heteroatoms. The molecule has 0 aliphatic heterocycles. The van der Waals surface area contributed by atoms with Gasteiger partial charge in [-0.1, -0.05) is 32.9 Å². The summed E-state index contributed by atoms with van der Waals surface area (Å²) in [5, 5.41) is 24.1. The van der Waals surface area contributed by atoms with Gasteiger partial charge in [-0.15, -0.1) is 5.10 Å². The second-order valence-electron chi connectivity index (χ2n) is 5.47. The van der Waals surface area contributed by atoms with Crippen LogP contribution in [0.4, 0.5) is 5.69 Å². The number of benzene rings is 1. The molecule has 0 radical (unpaired) electrons. The predicted molar refractivity (Wildman–Crippen MR) is 73.7 cm³/mol. The van der Waals surface area contributed by atoms with Crippen molar-refractivity contribution in [2.24, 2.45) is 0 Å². The molecular formula is C13H14N4O4. The largest absolute Gasteiger partial charge is 0.475 e. The highest BCUT2D eigenvalue weighted by atomic mass is 16.6. The van der Waals surface area contributed by atoms with Gasteiger partial charge >= 0.3 is 5.97 Å². The smallest absolute Gasteiger partial charge is 0.375 e.